The molecule has 0 bridgehead atoms. The van der Waals surface area contributed by atoms with Crippen LogP contribution in [0.3, 0.4) is 0 Å². The number of hydrogen-bond donors (Lipinski definition) is 0. The van der Waals surface area contributed by atoms with E-state index in [1.807, 2.05) is 0 Å². The minimum atomic E-state index is -3.26. The Morgan fingerprint density at radius 2 is 2.05 bits per heavy atom. The van der Waals surface area contributed by atoms with E-state index in [4.69, 9.17) is 0 Å². The number of likely N-dealkylation sites (tertiary alicyclic amines) is 1. The molecule has 1 aromatic heterocycles. The summed E-state index contributed by atoms with van der Waals surface area (Å²) in [6.07, 6.45) is 0.985. The zero-order valence-electron chi connectivity index (χ0n) is 12.6. The minimum absolute atomic E-state index is 0.480. The van der Waals surface area contributed by atoms with E-state index < -0.39 is 10.2 Å². The van der Waals surface area contributed by atoms with E-state index in [1.165, 1.54) is 9.18 Å². The fourth-order valence-corrected chi connectivity index (χ4v) is 5.35. The molecule has 0 unspecified atom stereocenters. The molecule has 2 aliphatic heterocycles. The second kappa shape index (κ2) is 5.96. The average Bonchev–Trinajstić information content (AvgIpc) is 3.06. The zero-order chi connectivity index (χ0) is 15.0. The van der Waals surface area contributed by atoms with Gasteiger partial charge in [0, 0.05) is 51.7 Å². The maximum atomic E-state index is 12.3. The molecular formula is C14H23N3O2S2. The predicted molar refractivity (Wildman–Crippen MR) is 85.4 cm³/mol. The summed E-state index contributed by atoms with van der Waals surface area (Å²) in [6, 6.07) is 4.27. The molecule has 1 aromatic rings. The van der Waals surface area contributed by atoms with Gasteiger partial charge >= 0.3 is 0 Å². The highest BCUT2D eigenvalue weighted by atomic mass is 32.2. The standard InChI is InChI=1S/C14H23N3O2S2/c1-15(2)21(18,19)17-6-5-12-8-16(9-13(12)10-17)11-14-4-3-7-20-14/h3-4,7,12-13H,5-6,8-11H2,1-2H3/t12-,13-/m1/s1. The van der Waals surface area contributed by atoms with Gasteiger partial charge in [0.2, 0.25) is 0 Å². The fraction of sp³-hybridized carbons (Fsp3) is 0.714. The van der Waals surface area contributed by atoms with Crippen LogP contribution >= 0.6 is 11.3 Å². The van der Waals surface area contributed by atoms with Gasteiger partial charge in [0.05, 0.1) is 0 Å². The Morgan fingerprint density at radius 3 is 2.71 bits per heavy atom. The lowest BCUT2D eigenvalue weighted by Crippen LogP contribution is -2.47. The molecule has 0 spiro atoms. The maximum absolute atomic E-state index is 12.3. The van der Waals surface area contributed by atoms with Crippen LogP contribution in [0.25, 0.3) is 0 Å². The fourth-order valence-electron chi connectivity index (χ4n) is 3.42. The van der Waals surface area contributed by atoms with Crippen molar-refractivity contribution in [1.29, 1.82) is 0 Å². The van der Waals surface area contributed by atoms with Crippen molar-refractivity contribution in [3.8, 4) is 0 Å². The molecule has 2 atom stereocenters. The van der Waals surface area contributed by atoms with Crippen LogP contribution in [-0.2, 0) is 16.8 Å². The van der Waals surface area contributed by atoms with Gasteiger partial charge in [-0.3, -0.25) is 4.90 Å². The molecule has 0 N–H and O–H groups in total. The highest BCUT2D eigenvalue weighted by Gasteiger charge is 2.40. The van der Waals surface area contributed by atoms with Crippen LogP contribution in [0.2, 0.25) is 0 Å². The van der Waals surface area contributed by atoms with E-state index in [0.717, 1.165) is 26.1 Å². The van der Waals surface area contributed by atoms with Crippen molar-refractivity contribution in [3.05, 3.63) is 22.4 Å². The molecule has 5 nitrogen and oxygen atoms in total. The number of fused-ring (bicyclic) bond motifs is 1. The molecule has 0 aliphatic carbocycles. The average molecular weight is 329 g/mol. The summed E-state index contributed by atoms with van der Waals surface area (Å²) >= 11 is 1.80. The van der Waals surface area contributed by atoms with Gasteiger partial charge in [-0.05, 0) is 29.7 Å². The van der Waals surface area contributed by atoms with Crippen LogP contribution in [0.1, 0.15) is 11.3 Å². The molecular weight excluding hydrogens is 306 g/mol. The number of nitrogens with zero attached hydrogens (tertiary/aromatic N) is 3. The van der Waals surface area contributed by atoms with Crippen molar-refractivity contribution in [2.45, 2.75) is 13.0 Å². The van der Waals surface area contributed by atoms with Crippen molar-refractivity contribution in [2.75, 3.05) is 40.3 Å². The Morgan fingerprint density at radius 1 is 1.29 bits per heavy atom. The van der Waals surface area contributed by atoms with Gasteiger partial charge < -0.3 is 0 Å². The smallest absolute Gasteiger partial charge is 0.281 e. The Labute approximate surface area is 131 Å². The van der Waals surface area contributed by atoms with Gasteiger partial charge in [-0.15, -0.1) is 11.3 Å². The Bertz CT molecular complexity index is 571. The van der Waals surface area contributed by atoms with E-state index in [2.05, 4.69) is 22.4 Å². The molecule has 7 heteroatoms. The third kappa shape index (κ3) is 3.17. The highest BCUT2D eigenvalue weighted by molar-refractivity contribution is 7.86. The molecule has 0 amide bonds. The zero-order valence-corrected chi connectivity index (χ0v) is 14.2. The Kier molecular flexibility index (Phi) is 4.38. The number of thiophene rings is 1. The monoisotopic (exact) mass is 329 g/mol. The van der Waals surface area contributed by atoms with E-state index in [-0.39, 0.29) is 0 Å². The number of rotatable bonds is 4. The summed E-state index contributed by atoms with van der Waals surface area (Å²) in [7, 11) is -0.0352. The SMILES string of the molecule is CN(C)S(=O)(=O)N1CC[C@@H]2CN(Cc3cccs3)C[C@@H]2C1. The summed E-state index contributed by atoms with van der Waals surface area (Å²) in [4.78, 5) is 3.87. The lowest BCUT2D eigenvalue weighted by Gasteiger charge is -2.34. The largest absolute Gasteiger partial charge is 0.298 e. The van der Waals surface area contributed by atoms with E-state index in [9.17, 15) is 8.42 Å². The van der Waals surface area contributed by atoms with Crippen LogP contribution in [0.15, 0.2) is 17.5 Å². The third-order valence-electron chi connectivity index (χ3n) is 4.59. The molecule has 0 radical (unpaired) electrons. The summed E-state index contributed by atoms with van der Waals surface area (Å²) in [5, 5.41) is 2.11. The van der Waals surface area contributed by atoms with Crippen LogP contribution in [0.5, 0.6) is 0 Å². The second-order valence-corrected chi connectivity index (χ2v) is 9.41. The molecule has 2 fully saturated rings. The van der Waals surface area contributed by atoms with Gasteiger partial charge in [0.25, 0.3) is 10.2 Å². The molecule has 118 valence electrons. The molecule has 2 aliphatic rings. The van der Waals surface area contributed by atoms with Crippen molar-refractivity contribution < 1.29 is 8.42 Å². The van der Waals surface area contributed by atoms with Gasteiger partial charge in [-0.2, -0.15) is 17.0 Å². The quantitative estimate of drug-likeness (QED) is 0.836. The first-order valence-electron chi connectivity index (χ1n) is 7.39. The first-order valence-corrected chi connectivity index (χ1v) is 9.67. The summed E-state index contributed by atoms with van der Waals surface area (Å²) in [5.41, 5.74) is 0. The predicted octanol–water partition coefficient (Wildman–Crippen LogP) is 1.31. The van der Waals surface area contributed by atoms with Crippen LogP contribution in [0.4, 0.5) is 0 Å². The first kappa shape index (κ1) is 15.4. The van der Waals surface area contributed by atoms with Gasteiger partial charge in [-0.25, -0.2) is 0 Å². The maximum Gasteiger partial charge on any atom is 0.281 e. The summed E-state index contributed by atoms with van der Waals surface area (Å²) in [6.45, 7) is 4.46. The first-order chi connectivity index (χ1) is 9.96. The van der Waals surface area contributed by atoms with Gasteiger partial charge in [0.1, 0.15) is 0 Å². The Hall–Kier alpha value is -0.470. The van der Waals surface area contributed by atoms with Crippen LogP contribution < -0.4 is 0 Å². The highest BCUT2D eigenvalue weighted by Crippen LogP contribution is 2.33. The molecule has 0 aromatic carbocycles. The molecule has 2 saturated heterocycles. The van der Waals surface area contributed by atoms with Crippen molar-refractivity contribution in [3.63, 3.8) is 0 Å². The Balaban J connectivity index is 1.62. The minimum Gasteiger partial charge on any atom is -0.298 e. The number of hydrogen-bond acceptors (Lipinski definition) is 4. The normalized spacial score (nSPS) is 28.1. The molecule has 21 heavy (non-hydrogen) atoms. The topological polar surface area (TPSA) is 43.9 Å². The van der Waals surface area contributed by atoms with Crippen molar-refractivity contribution in [2.24, 2.45) is 11.8 Å². The van der Waals surface area contributed by atoms with E-state index in [1.54, 1.807) is 29.7 Å². The summed E-state index contributed by atoms with van der Waals surface area (Å²) in [5.74, 6) is 1.13. The molecule has 3 rings (SSSR count). The van der Waals surface area contributed by atoms with Gasteiger partial charge in [-0.1, -0.05) is 6.07 Å². The second-order valence-electron chi connectivity index (χ2n) is 6.23. The molecule has 3 heterocycles. The van der Waals surface area contributed by atoms with Gasteiger partial charge in [0.15, 0.2) is 0 Å². The van der Waals surface area contributed by atoms with Crippen molar-refractivity contribution in [1.82, 2.24) is 13.5 Å². The lowest BCUT2D eigenvalue weighted by atomic mass is 9.90. The lowest BCUT2D eigenvalue weighted by molar-refractivity contribution is 0.219. The van der Waals surface area contributed by atoms with Crippen LogP contribution in [-0.4, -0.2) is 62.2 Å². The van der Waals surface area contributed by atoms with Crippen molar-refractivity contribution >= 4 is 21.5 Å². The summed E-state index contributed by atoms with van der Waals surface area (Å²) < 4.78 is 27.5. The van der Waals surface area contributed by atoms with E-state index in [0.29, 0.717) is 24.9 Å². The number of piperidine rings is 1. The van der Waals surface area contributed by atoms with Crippen LogP contribution in [0, 0.1) is 11.8 Å². The van der Waals surface area contributed by atoms with E-state index >= 15 is 0 Å². The third-order valence-corrected chi connectivity index (χ3v) is 7.36. The molecule has 0 saturated carbocycles.